The van der Waals surface area contributed by atoms with Gasteiger partial charge in [0.1, 0.15) is 0 Å². The lowest BCUT2D eigenvalue weighted by Gasteiger charge is -2.44. The molecule has 1 fully saturated rings. The molecule has 3 nitrogen and oxygen atoms in total. The molecular formula is C14H30N2O. The minimum atomic E-state index is 0.0262. The van der Waals surface area contributed by atoms with Crippen LogP contribution in [0.15, 0.2) is 0 Å². The normalized spacial score (nSPS) is 25.8. The predicted octanol–water partition coefficient (Wildman–Crippen LogP) is 1.96. The first-order valence-corrected chi connectivity index (χ1v) is 6.92. The van der Waals surface area contributed by atoms with Crippen LogP contribution in [0.4, 0.5) is 0 Å². The molecule has 0 aliphatic carbocycles. The maximum Gasteiger partial charge on any atom is 0.0661 e. The van der Waals surface area contributed by atoms with Gasteiger partial charge in [0, 0.05) is 20.2 Å². The Balaban J connectivity index is 2.78. The SMILES string of the molecule is COCC(CN)(C(C)C)N1CCC(C(C)C)C1. The Morgan fingerprint density at radius 1 is 1.35 bits per heavy atom. The highest BCUT2D eigenvalue weighted by Crippen LogP contribution is 2.33. The molecule has 0 radical (unpaired) electrons. The maximum absolute atomic E-state index is 6.07. The lowest BCUT2D eigenvalue weighted by molar-refractivity contribution is -0.00561. The first-order chi connectivity index (χ1) is 7.97. The Labute approximate surface area is 107 Å². The van der Waals surface area contributed by atoms with Gasteiger partial charge in [-0.2, -0.15) is 0 Å². The van der Waals surface area contributed by atoms with Crippen molar-refractivity contribution < 1.29 is 4.74 Å². The number of nitrogens with two attached hydrogens (primary N) is 1. The summed E-state index contributed by atoms with van der Waals surface area (Å²) in [6, 6.07) is 0. The van der Waals surface area contributed by atoms with Crippen LogP contribution < -0.4 is 5.73 Å². The van der Waals surface area contributed by atoms with Gasteiger partial charge in [-0.3, -0.25) is 4.90 Å². The summed E-state index contributed by atoms with van der Waals surface area (Å²) in [4.78, 5) is 2.58. The lowest BCUT2D eigenvalue weighted by Crippen LogP contribution is -2.59. The molecule has 102 valence electrons. The van der Waals surface area contributed by atoms with Crippen LogP contribution in [0.25, 0.3) is 0 Å². The quantitative estimate of drug-likeness (QED) is 0.774. The summed E-state index contributed by atoms with van der Waals surface area (Å²) < 4.78 is 5.45. The van der Waals surface area contributed by atoms with Crippen molar-refractivity contribution in [3.05, 3.63) is 0 Å². The monoisotopic (exact) mass is 242 g/mol. The van der Waals surface area contributed by atoms with Gasteiger partial charge in [0.05, 0.1) is 12.1 Å². The van der Waals surface area contributed by atoms with Crippen LogP contribution >= 0.6 is 0 Å². The summed E-state index contributed by atoms with van der Waals surface area (Å²) in [6.07, 6.45) is 1.30. The van der Waals surface area contributed by atoms with Crippen molar-refractivity contribution in [1.29, 1.82) is 0 Å². The molecular weight excluding hydrogens is 212 g/mol. The molecule has 0 aromatic rings. The number of ether oxygens (including phenoxy) is 1. The number of rotatable bonds is 6. The van der Waals surface area contributed by atoms with E-state index in [1.165, 1.54) is 19.5 Å². The number of hydrogen-bond donors (Lipinski definition) is 1. The van der Waals surface area contributed by atoms with Gasteiger partial charge in [-0.05, 0) is 30.7 Å². The van der Waals surface area contributed by atoms with E-state index in [9.17, 15) is 0 Å². The average molecular weight is 242 g/mol. The average Bonchev–Trinajstić information content (AvgIpc) is 2.75. The zero-order valence-electron chi connectivity index (χ0n) is 12.2. The third-order valence-corrected chi connectivity index (χ3v) is 4.62. The van der Waals surface area contributed by atoms with Gasteiger partial charge < -0.3 is 10.5 Å². The highest BCUT2D eigenvalue weighted by Gasteiger charge is 2.42. The predicted molar refractivity (Wildman–Crippen MR) is 73.0 cm³/mol. The molecule has 0 amide bonds. The molecule has 3 heteroatoms. The van der Waals surface area contributed by atoms with E-state index in [0.29, 0.717) is 12.5 Å². The van der Waals surface area contributed by atoms with Crippen molar-refractivity contribution in [2.75, 3.05) is 33.4 Å². The lowest BCUT2D eigenvalue weighted by atomic mass is 9.85. The minimum absolute atomic E-state index is 0.0262. The molecule has 0 aromatic carbocycles. The van der Waals surface area contributed by atoms with Crippen molar-refractivity contribution in [2.45, 2.75) is 39.7 Å². The Hall–Kier alpha value is -0.120. The van der Waals surface area contributed by atoms with Crippen molar-refractivity contribution >= 4 is 0 Å². The second-order valence-corrected chi connectivity index (χ2v) is 6.13. The van der Waals surface area contributed by atoms with Crippen molar-refractivity contribution in [1.82, 2.24) is 4.90 Å². The van der Waals surface area contributed by atoms with Gasteiger partial charge in [0.25, 0.3) is 0 Å². The fourth-order valence-corrected chi connectivity index (χ4v) is 3.03. The maximum atomic E-state index is 6.07. The zero-order valence-corrected chi connectivity index (χ0v) is 12.2. The van der Waals surface area contributed by atoms with Gasteiger partial charge in [0.15, 0.2) is 0 Å². The summed E-state index contributed by atoms with van der Waals surface area (Å²) in [7, 11) is 1.78. The third-order valence-electron chi connectivity index (χ3n) is 4.62. The van der Waals surface area contributed by atoms with E-state index in [4.69, 9.17) is 10.5 Å². The number of nitrogens with zero attached hydrogens (tertiary/aromatic N) is 1. The molecule has 2 atom stereocenters. The van der Waals surface area contributed by atoms with Gasteiger partial charge >= 0.3 is 0 Å². The molecule has 1 saturated heterocycles. The van der Waals surface area contributed by atoms with E-state index in [1.54, 1.807) is 7.11 Å². The van der Waals surface area contributed by atoms with E-state index in [-0.39, 0.29) is 5.54 Å². The van der Waals surface area contributed by atoms with Crippen LogP contribution in [0.1, 0.15) is 34.1 Å². The van der Waals surface area contributed by atoms with Gasteiger partial charge in [-0.25, -0.2) is 0 Å². The van der Waals surface area contributed by atoms with E-state index in [2.05, 4.69) is 32.6 Å². The molecule has 2 unspecified atom stereocenters. The van der Waals surface area contributed by atoms with Crippen LogP contribution in [0.5, 0.6) is 0 Å². The first-order valence-electron chi connectivity index (χ1n) is 6.92. The number of hydrogen-bond acceptors (Lipinski definition) is 3. The second-order valence-electron chi connectivity index (χ2n) is 6.13. The molecule has 2 N–H and O–H groups in total. The minimum Gasteiger partial charge on any atom is -0.383 e. The Bertz CT molecular complexity index is 230. The van der Waals surface area contributed by atoms with E-state index in [1.807, 2.05) is 0 Å². The van der Waals surface area contributed by atoms with Gasteiger partial charge in [0.2, 0.25) is 0 Å². The Morgan fingerprint density at radius 3 is 2.35 bits per heavy atom. The second kappa shape index (κ2) is 6.17. The molecule has 1 aliphatic rings. The first kappa shape index (κ1) is 14.9. The summed E-state index contributed by atoms with van der Waals surface area (Å²) >= 11 is 0. The van der Waals surface area contributed by atoms with Crippen LogP contribution in [0.2, 0.25) is 0 Å². The number of likely N-dealkylation sites (tertiary alicyclic amines) is 1. The molecule has 1 rings (SSSR count). The summed E-state index contributed by atoms with van der Waals surface area (Å²) in [6.45, 7) is 12.9. The third kappa shape index (κ3) is 3.01. The van der Waals surface area contributed by atoms with Crippen molar-refractivity contribution in [3.8, 4) is 0 Å². The van der Waals surface area contributed by atoms with Crippen molar-refractivity contribution in [2.24, 2.45) is 23.5 Å². The molecule has 1 aliphatic heterocycles. The van der Waals surface area contributed by atoms with Crippen molar-refractivity contribution in [3.63, 3.8) is 0 Å². The van der Waals surface area contributed by atoms with Crippen LogP contribution in [-0.2, 0) is 4.74 Å². The fraction of sp³-hybridized carbons (Fsp3) is 1.00. The molecule has 0 spiro atoms. The summed E-state index contributed by atoms with van der Waals surface area (Å²) in [5.74, 6) is 2.11. The van der Waals surface area contributed by atoms with Gasteiger partial charge in [-0.15, -0.1) is 0 Å². The highest BCUT2D eigenvalue weighted by atomic mass is 16.5. The van der Waals surface area contributed by atoms with Crippen LogP contribution in [-0.4, -0.2) is 43.8 Å². The molecule has 0 bridgehead atoms. The smallest absolute Gasteiger partial charge is 0.0661 e. The largest absolute Gasteiger partial charge is 0.383 e. The molecule has 1 heterocycles. The fourth-order valence-electron chi connectivity index (χ4n) is 3.03. The highest BCUT2D eigenvalue weighted by molar-refractivity contribution is 4.98. The topological polar surface area (TPSA) is 38.5 Å². The molecule has 0 aromatic heterocycles. The van der Waals surface area contributed by atoms with E-state index >= 15 is 0 Å². The van der Waals surface area contributed by atoms with E-state index in [0.717, 1.165) is 18.4 Å². The molecule has 0 saturated carbocycles. The van der Waals surface area contributed by atoms with Crippen LogP contribution in [0.3, 0.4) is 0 Å². The van der Waals surface area contributed by atoms with Crippen LogP contribution in [0, 0.1) is 17.8 Å². The van der Waals surface area contributed by atoms with Gasteiger partial charge in [-0.1, -0.05) is 27.7 Å². The molecule has 17 heavy (non-hydrogen) atoms. The Kier molecular flexibility index (Phi) is 5.42. The number of methoxy groups -OCH3 is 1. The zero-order chi connectivity index (χ0) is 13.1. The van der Waals surface area contributed by atoms with E-state index < -0.39 is 0 Å². The standard InChI is InChI=1S/C14H30N2O/c1-11(2)13-6-7-16(8-13)14(9-15,10-17-5)12(3)4/h11-13H,6-10,15H2,1-5H3. The summed E-state index contributed by atoms with van der Waals surface area (Å²) in [5, 5.41) is 0. The Morgan fingerprint density at radius 2 is 2.00 bits per heavy atom. The summed E-state index contributed by atoms with van der Waals surface area (Å²) in [5.41, 5.74) is 6.10.